The molecule has 3 rings (SSSR count). The summed E-state index contributed by atoms with van der Waals surface area (Å²) in [6.07, 6.45) is 2.70. The molecule has 1 heterocycles. The van der Waals surface area contributed by atoms with Crippen LogP contribution >= 0.6 is 11.3 Å². The maximum absolute atomic E-state index is 13.1. The molecule has 0 saturated heterocycles. The number of aromatic nitrogens is 1. The Morgan fingerprint density at radius 3 is 2.57 bits per heavy atom. The topological polar surface area (TPSA) is 71.1 Å². The molecule has 1 aromatic heterocycles. The number of benzene rings is 1. The third kappa shape index (κ3) is 5.81. The van der Waals surface area contributed by atoms with E-state index in [4.69, 9.17) is 0 Å². The molecule has 0 bridgehead atoms. The van der Waals surface area contributed by atoms with Gasteiger partial charge in [0.25, 0.3) is 0 Å². The monoisotopic (exact) mass is 439 g/mol. The van der Waals surface area contributed by atoms with Gasteiger partial charge in [-0.05, 0) is 25.3 Å². The molecule has 1 saturated carbocycles. The third-order valence-electron chi connectivity index (χ3n) is 5.11. The minimum Gasteiger partial charge on any atom is -0.361 e. The van der Waals surface area contributed by atoms with Crippen molar-refractivity contribution in [3.63, 3.8) is 0 Å². The number of rotatable bonds is 8. The van der Waals surface area contributed by atoms with Gasteiger partial charge in [0.1, 0.15) is 0 Å². The summed E-state index contributed by atoms with van der Waals surface area (Å²) < 4.78 is 39.4. The van der Waals surface area contributed by atoms with Crippen molar-refractivity contribution in [1.29, 1.82) is 0 Å². The minimum atomic E-state index is -4.60. The largest absolute Gasteiger partial charge is 0.417 e. The molecule has 5 nitrogen and oxygen atoms in total. The second-order valence-electron chi connectivity index (χ2n) is 7.31. The lowest BCUT2D eigenvalue weighted by molar-refractivity contribution is -0.137. The summed E-state index contributed by atoms with van der Waals surface area (Å²) >= 11 is 1.02. The second kappa shape index (κ2) is 10.1. The summed E-state index contributed by atoms with van der Waals surface area (Å²) in [6, 6.07) is 4.73. The smallest absolute Gasteiger partial charge is 0.361 e. The highest BCUT2D eigenvalue weighted by Gasteiger charge is 2.35. The maximum Gasteiger partial charge on any atom is 0.417 e. The molecular weight excluding hydrogens is 415 g/mol. The molecule has 1 aliphatic rings. The molecule has 30 heavy (non-hydrogen) atoms. The van der Waals surface area contributed by atoms with Gasteiger partial charge >= 0.3 is 6.18 Å². The summed E-state index contributed by atoms with van der Waals surface area (Å²) in [5, 5.41) is 6.46. The van der Waals surface area contributed by atoms with E-state index in [1.54, 1.807) is 0 Å². The van der Waals surface area contributed by atoms with Gasteiger partial charge in [0.15, 0.2) is 5.13 Å². The van der Waals surface area contributed by atoms with Crippen LogP contribution in [0.15, 0.2) is 30.5 Å². The molecule has 9 heteroatoms. The SMILES string of the molecule is O=C(c1cnc(NCCCNC(=O)C2CCCCC2)s1)c1ccccc1C(F)(F)F. The molecule has 1 fully saturated rings. The molecule has 0 aliphatic heterocycles. The lowest BCUT2D eigenvalue weighted by atomic mass is 9.89. The van der Waals surface area contributed by atoms with E-state index in [0.717, 1.165) is 43.1 Å². The molecule has 2 aromatic rings. The number of hydrogen-bond acceptors (Lipinski definition) is 5. The first-order valence-electron chi connectivity index (χ1n) is 10.0. The van der Waals surface area contributed by atoms with Crippen LogP contribution in [0.3, 0.4) is 0 Å². The van der Waals surface area contributed by atoms with E-state index in [0.29, 0.717) is 24.6 Å². The summed E-state index contributed by atoms with van der Waals surface area (Å²) in [5.41, 5.74) is -1.34. The maximum atomic E-state index is 13.1. The predicted molar refractivity (Wildman–Crippen MR) is 110 cm³/mol. The highest BCUT2D eigenvalue weighted by molar-refractivity contribution is 7.17. The first-order valence-corrected chi connectivity index (χ1v) is 10.9. The fraction of sp³-hybridized carbons (Fsp3) is 0.476. The molecule has 162 valence electrons. The quantitative estimate of drug-likeness (QED) is 0.454. The van der Waals surface area contributed by atoms with Gasteiger partial charge in [-0.2, -0.15) is 13.2 Å². The number of nitrogens with zero attached hydrogens (tertiary/aromatic N) is 1. The van der Waals surface area contributed by atoms with E-state index in [2.05, 4.69) is 15.6 Å². The predicted octanol–water partition coefficient (Wildman–Crippen LogP) is 4.89. The van der Waals surface area contributed by atoms with Crippen molar-refractivity contribution >= 4 is 28.2 Å². The van der Waals surface area contributed by atoms with E-state index in [1.165, 1.54) is 30.8 Å². The third-order valence-corrected chi connectivity index (χ3v) is 6.07. The molecule has 0 unspecified atom stereocenters. The zero-order valence-corrected chi connectivity index (χ0v) is 17.2. The molecule has 0 atom stereocenters. The van der Waals surface area contributed by atoms with Gasteiger partial charge in [-0.25, -0.2) is 4.98 Å². The van der Waals surface area contributed by atoms with Gasteiger partial charge in [-0.3, -0.25) is 9.59 Å². The van der Waals surface area contributed by atoms with Crippen LogP contribution in [0.2, 0.25) is 0 Å². The van der Waals surface area contributed by atoms with Crippen LogP contribution in [0.5, 0.6) is 0 Å². The molecule has 1 amide bonds. The Morgan fingerprint density at radius 1 is 1.10 bits per heavy atom. The Bertz CT molecular complexity index is 876. The number of alkyl halides is 3. The van der Waals surface area contributed by atoms with E-state index < -0.39 is 17.5 Å². The Morgan fingerprint density at radius 2 is 1.83 bits per heavy atom. The molecule has 0 radical (unpaired) electrons. The van der Waals surface area contributed by atoms with Crippen molar-refractivity contribution in [1.82, 2.24) is 10.3 Å². The van der Waals surface area contributed by atoms with Gasteiger partial charge in [-0.1, -0.05) is 48.8 Å². The fourth-order valence-electron chi connectivity index (χ4n) is 3.53. The Balaban J connectivity index is 1.47. The Hall–Kier alpha value is -2.42. The Kier molecular flexibility index (Phi) is 7.47. The highest BCUT2D eigenvalue weighted by Crippen LogP contribution is 2.33. The number of amides is 1. The average Bonchev–Trinajstić information content (AvgIpc) is 3.22. The fourth-order valence-corrected chi connectivity index (χ4v) is 4.32. The summed E-state index contributed by atoms with van der Waals surface area (Å²) in [6.45, 7) is 1.07. The van der Waals surface area contributed by atoms with E-state index >= 15 is 0 Å². The van der Waals surface area contributed by atoms with Gasteiger partial charge in [0.05, 0.1) is 16.6 Å². The number of carbonyl (C=O) groups is 2. The molecule has 0 spiro atoms. The lowest BCUT2D eigenvalue weighted by Crippen LogP contribution is -2.33. The van der Waals surface area contributed by atoms with Gasteiger partial charge in [-0.15, -0.1) is 0 Å². The first-order chi connectivity index (χ1) is 14.4. The van der Waals surface area contributed by atoms with Crippen molar-refractivity contribution in [3.8, 4) is 0 Å². The van der Waals surface area contributed by atoms with Crippen molar-refractivity contribution in [2.75, 3.05) is 18.4 Å². The van der Waals surface area contributed by atoms with Crippen LogP contribution in [0.1, 0.15) is 59.3 Å². The molecule has 1 aromatic carbocycles. The number of halogens is 3. The van der Waals surface area contributed by atoms with Crippen LogP contribution in [-0.2, 0) is 11.0 Å². The van der Waals surface area contributed by atoms with Crippen LogP contribution in [0.25, 0.3) is 0 Å². The second-order valence-corrected chi connectivity index (χ2v) is 8.34. The van der Waals surface area contributed by atoms with Crippen LogP contribution in [0, 0.1) is 5.92 Å². The number of thiazole rings is 1. The standard InChI is InChI=1S/C21H24F3N3O2S/c22-21(23,24)16-10-5-4-9-15(16)18(28)17-13-27-20(30-17)26-12-6-11-25-19(29)14-7-2-1-3-8-14/h4-5,9-10,13-14H,1-3,6-8,11-12H2,(H,25,29)(H,26,27). The number of ketones is 1. The van der Waals surface area contributed by atoms with E-state index in [9.17, 15) is 22.8 Å². The summed E-state index contributed by atoms with van der Waals surface area (Å²) in [5.74, 6) is -0.466. The van der Waals surface area contributed by atoms with Gasteiger partial charge < -0.3 is 10.6 Å². The molecular formula is C21H24F3N3O2S. The van der Waals surface area contributed by atoms with Crippen molar-refractivity contribution in [3.05, 3.63) is 46.5 Å². The van der Waals surface area contributed by atoms with Crippen LogP contribution in [0.4, 0.5) is 18.3 Å². The first kappa shape index (κ1) is 22.3. The number of nitrogens with one attached hydrogen (secondary N) is 2. The summed E-state index contributed by atoms with van der Waals surface area (Å²) in [4.78, 5) is 28.8. The van der Waals surface area contributed by atoms with Crippen LogP contribution < -0.4 is 10.6 Å². The molecule has 1 aliphatic carbocycles. The lowest BCUT2D eigenvalue weighted by Gasteiger charge is -2.20. The minimum absolute atomic E-state index is 0.111. The van der Waals surface area contributed by atoms with E-state index in [1.807, 2.05) is 0 Å². The zero-order chi connectivity index (χ0) is 21.6. The molecule has 2 N–H and O–H groups in total. The number of carbonyl (C=O) groups excluding carboxylic acids is 2. The van der Waals surface area contributed by atoms with Crippen LogP contribution in [-0.4, -0.2) is 29.8 Å². The van der Waals surface area contributed by atoms with Crippen molar-refractivity contribution in [2.45, 2.75) is 44.7 Å². The summed E-state index contributed by atoms with van der Waals surface area (Å²) in [7, 11) is 0. The van der Waals surface area contributed by atoms with Gasteiger partial charge in [0, 0.05) is 24.6 Å². The van der Waals surface area contributed by atoms with Crippen molar-refractivity contribution in [2.24, 2.45) is 5.92 Å². The van der Waals surface area contributed by atoms with Gasteiger partial charge in [0.2, 0.25) is 11.7 Å². The van der Waals surface area contributed by atoms with E-state index in [-0.39, 0.29) is 22.3 Å². The number of anilines is 1. The highest BCUT2D eigenvalue weighted by atomic mass is 32.1. The van der Waals surface area contributed by atoms with Crippen molar-refractivity contribution < 1.29 is 22.8 Å². The average molecular weight is 440 g/mol. The Labute approximate surface area is 177 Å². The zero-order valence-electron chi connectivity index (χ0n) is 16.4. The normalized spacial score (nSPS) is 15.0. The number of hydrogen-bond donors (Lipinski definition) is 2.